The molecule has 0 spiro atoms. The molecule has 1 aliphatic heterocycles. The van der Waals surface area contributed by atoms with Crippen LogP contribution in [0.15, 0.2) is 17.3 Å². The summed E-state index contributed by atoms with van der Waals surface area (Å²) in [5, 5.41) is 28.8. The van der Waals surface area contributed by atoms with Gasteiger partial charge in [-0.15, -0.1) is 0 Å². The number of nitrogens with zero attached hydrogens (tertiary/aromatic N) is 2. The van der Waals surface area contributed by atoms with E-state index in [2.05, 4.69) is 15.0 Å². The summed E-state index contributed by atoms with van der Waals surface area (Å²) < 4.78 is 0. The number of hydrogen-bond donors (Lipinski definition) is 5. The van der Waals surface area contributed by atoms with Crippen LogP contribution in [0.1, 0.15) is 0 Å². The van der Waals surface area contributed by atoms with Crippen LogP contribution in [0.25, 0.3) is 11.0 Å². The molecule has 1 saturated heterocycles. The third-order valence-electron chi connectivity index (χ3n) is 3.52. The van der Waals surface area contributed by atoms with Gasteiger partial charge in [-0.3, -0.25) is 4.79 Å². The molecule has 8 nitrogen and oxygen atoms in total. The first-order chi connectivity index (χ1) is 9.13. The second kappa shape index (κ2) is 4.34. The smallest absolute Gasteiger partial charge is 0.275 e. The molecule has 5 N–H and O–H groups in total. The summed E-state index contributed by atoms with van der Waals surface area (Å²) >= 11 is 0. The summed E-state index contributed by atoms with van der Waals surface area (Å²) in [5.74, 6) is 0. The highest BCUT2D eigenvalue weighted by atomic mass is 16.3. The number of β-amino-alcohol motifs (C(OH)–C–C–N with tert-alkyl or cyclic N) is 1. The maximum Gasteiger partial charge on any atom is 0.275 e. The Morgan fingerprint density at radius 1 is 1.42 bits per heavy atom. The van der Waals surface area contributed by atoms with Gasteiger partial charge in [-0.1, -0.05) is 0 Å². The maximum absolute atomic E-state index is 11.6. The molecule has 0 aromatic carbocycles. The van der Waals surface area contributed by atoms with Gasteiger partial charge in [0, 0.05) is 12.7 Å². The third-order valence-corrected chi connectivity index (χ3v) is 3.52. The molecule has 102 valence electrons. The first-order valence-corrected chi connectivity index (χ1v) is 5.92. The van der Waals surface area contributed by atoms with Crippen molar-refractivity contribution in [3.8, 4) is 0 Å². The summed E-state index contributed by atoms with van der Waals surface area (Å²) in [7, 11) is 0. The van der Waals surface area contributed by atoms with Crippen LogP contribution in [0.3, 0.4) is 0 Å². The van der Waals surface area contributed by atoms with Gasteiger partial charge in [0.05, 0.1) is 30.8 Å². The highest BCUT2D eigenvalue weighted by molar-refractivity contribution is 5.88. The molecular weight excluding hydrogens is 252 g/mol. The largest absolute Gasteiger partial charge is 0.394 e. The molecule has 0 bridgehead atoms. The van der Waals surface area contributed by atoms with E-state index >= 15 is 0 Å². The summed E-state index contributed by atoms with van der Waals surface area (Å²) in [5.41, 5.74) is 1.06. The number of aliphatic hydroxyl groups excluding tert-OH is 3. The summed E-state index contributed by atoms with van der Waals surface area (Å²) in [6, 6.07) is -0.616. The van der Waals surface area contributed by atoms with Crippen LogP contribution >= 0.6 is 0 Å². The fourth-order valence-corrected chi connectivity index (χ4v) is 2.52. The quantitative estimate of drug-likeness (QED) is 0.434. The van der Waals surface area contributed by atoms with E-state index in [1.165, 1.54) is 6.33 Å². The number of aromatic nitrogens is 3. The number of rotatable bonds is 2. The lowest BCUT2D eigenvalue weighted by molar-refractivity contribution is 0.0305. The van der Waals surface area contributed by atoms with Gasteiger partial charge in [0.2, 0.25) is 0 Å². The average molecular weight is 266 g/mol. The lowest BCUT2D eigenvalue weighted by Crippen LogP contribution is -2.39. The van der Waals surface area contributed by atoms with Crippen LogP contribution in [0.5, 0.6) is 0 Å². The van der Waals surface area contributed by atoms with Gasteiger partial charge in [-0.2, -0.15) is 0 Å². The van der Waals surface area contributed by atoms with E-state index in [9.17, 15) is 20.1 Å². The zero-order valence-electron chi connectivity index (χ0n) is 9.95. The van der Waals surface area contributed by atoms with E-state index < -0.39 is 18.2 Å². The maximum atomic E-state index is 11.6. The molecule has 3 heterocycles. The molecular formula is C11H14N4O4. The van der Waals surface area contributed by atoms with Crippen molar-refractivity contribution in [1.29, 1.82) is 0 Å². The molecule has 2 aromatic rings. The Bertz CT molecular complexity index is 651. The summed E-state index contributed by atoms with van der Waals surface area (Å²) in [6.07, 6.45) is 0.903. The van der Waals surface area contributed by atoms with Crippen LogP contribution in [0.4, 0.5) is 5.69 Å². The predicted octanol–water partition coefficient (Wildman–Crippen LogP) is -1.85. The van der Waals surface area contributed by atoms with Crippen LogP contribution in [0, 0.1) is 0 Å². The number of aliphatic hydroxyl groups is 3. The first-order valence-electron chi connectivity index (χ1n) is 5.92. The Hall–Kier alpha value is -1.90. The Kier molecular flexibility index (Phi) is 2.77. The summed E-state index contributed by atoms with van der Waals surface area (Å²) in [4.78, 5) is 22.6. The predicted molar refractivity (Wildman–Crippen MR) is 66.9 cm³/mol. The van der Waals surface area contributed by atoms with E-state index in [-0.39, 0.29) is 18.7 Å². The molecule has 3 atom stereocenters. The normalized spacial score (nSPS) is 27.3. The molecule has 2 unspecified atom stereocenters. The van der Waals surface area contributed by atoms with Crippen molar-refractivity contribution in [2.75, 3.05) is 18.1 Å². The van der Waals surface area contributed by atoms with Crippen molar-refractivity contribution >= 4 is 16.7 Å². The number of H-pyrrole nitrogens is 2. The van der Waals surface area contributed by atoms with Gasteiger partial charge >= 0.3 is 0 Å². The topological polar surface area (TPSA) is 125 Å². The average Bonchev–Trinajstić information content (AvgIpc) is 2.93. The third kappa shape index (κ3) is 1.72. The Morgan fingerprint density at radius 2 is 2.21 bits per heavy atom. The second-order valence-corrected chi connectivity index (χ2v) is 4.59. The minimum Gasteiger partial charge on any atom is -0.394 e. The molecule has 0 aliphatic carbocycles. The monoisotopic (exact) mass is 266 g/mol. The van der Waals surface area contributed by atoms with Gasteiger partial charge in [0.25, 0.3) is 5.56 Å². The lowest BCUT2D eigenvalue weighted by atomic mass is 10.1. The molecule has 2 aromatic heterocycles. The molecule has 19 heavy (non-hydrogen) atoms. The highest BCUT2D eigenvalue weighted by Gasteiger charge is 2.40. The first kappa shape index (κ1) is 12.2. The van der Waals surface area contributed by atoms with Crippen molar-refractivity contribution in [3.05, 3.63) is 22.9 Å². The van der Waals surface area contributed by atoms with E-state index in [1.807, 2.05) is 0 Å². The van der Waals surface area contributed by atoms with Crippen molar-refractivity contribution in [1.82, 2.24) is 15.0 Å². The van der Waals surface area contributed by atoms with Crippen LogP contribution in [-0.2, 0) is 0 Å². The minimum atomic E-state index is -1.03. The van der Waals surface area contributed by atoms with E-state index in [1.54, 1.807) is 11.1 Å². The molecule has 1 fully saturated rings. The van der Waals surface area contributed by atoms with Gasteiger partial charge in [-0.25, -0.2) is 4.98 Å². The van der Waals surface area contributed by atoms with Crippen LogP contribution in [-0.4, -0.2) is 61.7 Å². The molecule has 0 amide bonds. The van der Waals surface area contributed by atoms with E-state index in [0.717, 1.165) is 0 Å². The fraction of sp³-hybridized carbons (Fsp3) is 0.455. The zero-order valence-corrected chi connectivity index (χ0v) is 9.95. The van der Waals surface area contributed by atoms with Gasteiger partial charge in [0.1, 0.15) is 17.1 Å². The lowest BCUT2D eigenvalue weighted by Gasteiger charge is -2.24. The Labute approximate surface area is 107 Å². The number of fused-ring (bicyclic) bond motifs is 1. The number of hydrogen-bond acceptors (Lipinski definition) is 6. The van der Waals surface area contributed by atoms with Crippen molar-refractivity contribution < 1.29 is 15.3 Å². The number of nitrogens with one attached hydrogen (secondary N) is 2. The summed E-state index contributed by atoms with van der Waals surface area (Å²) in [6.45, 7) is -0.123. The number of aromatic amines is 2. The SMILES string of the molecule is O=c1[nH]cnc2c(N3CC(O)C(O)[C@H]3CO)c[nH]c12. The Morgan fingerprint density at radius 3 is 2.95 bits per heavy atom. The zero-order chi connectivity index (χ0) is 13.6. The van der Waals surface area contributed by atoms with Crippen LogP contribution < -0.4 is 10.5 Å². The van der Waals surface area contributed by atoms with Crippen LogP contribution in [0.2, 0.25) is 0 Å². The molecule has 3 rings (SSSR count). The second-order valence-electron chi connectivity index (χ2n) is 4.59. The van der Waals surface area contributed by atoms with Crippen molar-refractivity contribution in [3.63, 3.8) is 0 Å². The van der Waals surface area contributed by atoms with Gasteiger partial charge in [0.15, 0.2) is 0 Å². The highest BCUT2D eigenvalue weighted by Crippen LogP contribution is 2.30. The van der Waals surface area contributed by atoms with Crippen molar-refractivity contribution in [2.45, 2.75) is 18.2 Å². The molecule has 1 aliphatic rings. The fourth-order valence-electron chi connectivity index (χ4n) is 2.52. The minimum absolute atomic E-state index is 0.174. The van der Waals surface area contributed by atoms with Gasteiger partial charge < -0.3 is 30.2 Å². The van der Waals surface area contributed by atoms with E-state index in [0.29, 0.717) is 16.7 Å². The number of anilines is 1. The Balaban J connectivity index is 2.10. The molecule has 0 radical (unpaired) electrons. The molecule has 8 heteroatoms. The standard InChI is InChI=1S/C11H14N4O4/c16-3-6-10(18)7(17)2-15(6)5-1-12-9-8(5)13-4-14-11(9)19/h1,4,6-7,10,12,16-18H,2-3H2,(H,13,14,19)/t6-,7?,10?/m1/s1. The van der Waals surface area contributed by atoms with Crippen molar-refractivity contribution in [2.24, 2.45) is 0 Å². The molecule has 0 saturated carbocycles. The van der Waals surface area contributed by atoms with Gasteiger partial charge in [-0.05, 0) is 0 Å². The van der Waals surface area contributed by atoms with E-state index in [4.69, 9.17) is 0 Å².